The summed E-state index contributed by atoms with van der Waals surface area (Å²) in [7, 11) is 0. The topological polar surface area (TPSA) is 161 Å². The number of carboxylic acid groups (broad SMARTS) is 4. The fraction of sp³-hybridized carbons (Fsp3) is 0. The summed E-state index contributed by atoms with van der Waals surface area (Å²) in [5.41, 5.74) is 0. The van der Waals surface area contributed by atoms with Gasteiger partial charge in [-0.15, -0.1) is 0 Å². The molecule has 0 aliphatic heterocycles. The van der Waals surface area contributed by atoms with E-state index in [2.05, 4.69) is 0 Å². The van der Waals surface area contributed by atoms with Crippen molar-refractivity contribution in [3.63, 3.8) is 0 Å². The molecule has 0 fully saturated rings. The monoisotopic (exact) mass is 184 g/mol. The summed E-state index contributed by atoms with van der Waals surface area (Å²) in [5, 5.41) is 33.0. The lowest BCUT2D eigenvalue weighted by molar-refractivity contribution is -0.284. The van der Waals surface area contributed by atoms with E-state index in [4.69, 9.17) is 39.6 Å². The van der Waals surface area contributed by atoms with Gasteiger partial charge in [0, 0.05) is 25.9 Å². The molecule has 0 aromatic carbocycles. The Morgan fingerprint density at radius 1 is 0.583 bits per heavy atom. The highest BCUT2D eigenvalue weighted by molar-refractivity contribution is 5.30. The van der Waals surface area contributed by atoms with Gasteiger partial charge in [-0.3, -0.25) is 0 Å². The van der Waals surface area contributed by atoms with Gasteiger partial charge in [-0.25, -0.2) is 0 Å². The predicted molar refractivity (Wildman–Crippen MR) is 28.7 cm³/mol. The first-order chi connectivity index (χ1) is 5.66. The molecule has 0 atom stereocenters. The lowest BCUT2D eigenvalue weighted by atomic mass is 11.7. The molecule has 8 nitrogen and oxygen atoms in total. The van der Waals surface area contributed by atoms with E-state index in [0.29, 0.717) is 0 Å². The normalized spacial score (nSPS) is 4.00. The average molecular weight is 184 g/mol. The molecule has 8 heteroatoms. The van der Waals surface area contributed by atoms with Crippen molar-refractivity contribution >= 4 is 25.9 Å². The van der Waals surface area contributed by atoms with Gasteiger partial charge in [0.25, 0.3) is 0 Å². The van der Waals surface area contributed by atoms with E-state index in [-0.39, 0.29) is 5.71 Å². The van der Waals surface area contributed by atoms with Crippen LogP contribution in [0.15, 0.2) is 0 Å². The molecule has 0 saturated carbocycles. The Kier molecular flexibility index (Phi) is 293. The maximum absolute atomic E-state index is 8.25. The Bertz CT molecular complexity index is 78.0. The van der Waals surface area contributed by atoms with Gasteiger partial charge in [0.2, 0.25) is 0 Å². The Morgan fingerprint density at radius 2 is 0.583 bits per heavy atom. The third kappa shape index (κ3) is 83.0. The molecule has 0 saturated heterocycles. The second-order valence-corrected chi connectivity index (χ2v) is 0.385. The Hall–Kier alpha value is -2.12. The van der Waals surface area contributed by atoms with Crippen LogP contribution < -0.4 is 20.4 Å². The zero-order chi connectivity index (χ0) is 10.8. The predicted octanol–water partition coefficient (Wildman–Crippen LogP) is -6.09. The van der Waals surface area contributed by atoms with Crippen LogP contribution in [0.1, 0.15) is 5.71 Å². The van der Waals surface area contributed by atoms with Crippen LogP contribution in [0.2, 0.25) is 0 Å². The molecule has 72 valence electrons. The SMILES string of the molecule is O=C[O-].O=C[O-].O=C[O-].O=C[O-].[H+].[H+].[H+].[H+]. The van der Waals surface area contributed by atoms with Crippen molar-refractivity contribution in [1.82, 2.24) is 0 Å². The van der Waals surface area contributed by atoms with Crippen LogP contribution in [0, 0.1) is 0 Å². The highest BCUT2D eigenvalue weighted by Gasteiger charge is 1.00. The Labute approximate surface area is 72.6 Å². The van der Waals surface area contributed by atoms with Crippen molar-refractivity contribution in [2.24, 2.45) is 0 Å². The quantitative estimate of drug-likeness (QED) is 0.336. The summed E-state index contributed by atoms with van der Waals surface area (Å²) < 4.78 is 0. The highest BCUT2D eigenvalue weighted by atomic mass is 16.4. The van der Waals surface area contributed by atoms with Crippen LogP contribution >= 0.6 is 0 Å². The fourth-order valence-corrected chi connectivity index (χ4v) is 0. The van der Waals surface area contributed by atoms with Crippen LogP contribution in [0.3, 0.4) is 0 Å². The maximum Gasteiger partial charge on any atom is 1.00 e. The molecular formula is C4H8O8. The second-order valence-electron chi connectivity index (χ2n) is 0.385. The van der Waals surface area contributed by atoms with Crippen LogP contribution in [-0.4, -0.2) is 25.9 Å². The van der Waals surface area contributed by atoms with Crippen LogP contribution in [0.5, 0.6) is 0 Å². The van der Waals surface area contributed by atoms with Crippen molar-refractivity contribution in [3.8, 4) is 0 Å². The average Bonchev–Trinajstić information content (AvgIpc) is 1.92. The first-order valence-corrected chi connectivity index (χ1v) is 1.89. The zero-order valence-electron chi connectivity index (χ0n) is 9.58. The van der Waals surface area contributed by atoms with Crippen LogP contribution in [0.25, 0.3) is 0 Å². The molecule has 0 heterocycles. The first-order valence-electron chi connectivity index (χ1n) is 1.89. The fourth-order valence-electron chi connectivity index (χ4n) is 0. The summed E-state index contributed by atoms with van der Waals surface area (Å²) >= 11 is 0. The minimum atomic E-state index is -0.500. The summed E-state index contributed by atoms with van der Waals surface area (Å²) in [5.74, 6) is 0. The lowest BCUT2D eigenvalue weighted by Crippen LogP contribution is -2.01. The molecule has 0 bridgehead atoms. The molecule has 0 aliphatic carbocycles. The van der Waals surface area contributed by atoms with Crippen molar-refractivity contribution in [2.45, 2.75) is 0 Å². The van der Waals surface area contributed by atoms with E-state index in [1.165, 1.54) is 0 Å². The van der Waals surface area contributed by atoms with Gasteiger partial charge in [0.15, 0.2) is 0 Å². The van der Waals surface area contributed by atoms with E-state index in [9.17, 15) is 0 Å². The molecule has 0 aliphatic rings. The standard InChI is InChI=1S/4CH2O2/c4*2-1-3/h4*1H,(H,2,3). The molecule has 0 radical (unpaired) electrons. The van der Waals surface area contributed by atoms with Crippen molar-refractivity contribution < 1.29 is 45.3 Å². The summed E-state index contributed by atoms with van der Waals surface area (Å²) in [4.78, 5) is 33.0. The number of hydrogen-bond donors (Lipinski definition) is 0. The molecular weight excluding hydrogens is 176 g/mol. The number of rotatable bonds is 0. The van der Waals surface area contributed by atoms with Gasteiger partial charge >= 0.3 is 5.71 Å². The first kappa shape index (κ1) is 22.5. The van der Waals surface area contributed by atoms with Gasteiger partial charge in [-0.1, -0.05) is 0 Å². The van der Waals surface area contributed by atoms with E-state index in [1.54, 1.807) is 0 Å². The smallest absolute Gasteiger partial charge is 0.554 e. The summed E-state index contributed by atoms with van der Waals surface area (Å²) in [6.07, 6.45) is 0. The summed E-state index contributed by atoms with van der Waals surface area (Å²) in [6.45, 7) is -2.00. The molecule has 0 unspecified atom stereocenters. The summed E-state index contributed by atoms with van der Waals surface area (Å²) in [6, 6.07) is 0. The number of carbonyl (C=O) groups excluding carboxylic acids is 4. The van der Waals surface area contributed by atoms with Crippen LogP contribution in [0.4, 0.5) is 0 Å². The molecule has 0 N–H and O–H groups in total. The number of hydrogen-bond acceptors (Lipinski definition) is 8. The minimum absolute atomic E-state index is 0. The minimum Gasteiger partial charge on any atom is -0.554 e. The van der Waals surface area contributed by atoms with Crippen molar-refractivity contribution in [2.75, 3.05) is 0 Å². The third-order valence-electron chi connectivity index (χ3n) is 0. The van der Waals surface area contributed by atoms with E-state index in [1.807, 2.05) is 0 Å². The Morgan fingerprint density at radius 3 is 0.583 bits per heavy atom. The molecule has 12 heavy (non-hydrogen) atoms. The van der Waals surface area contributed by atoms with Gasteiger partial charge in [0.1, 0.15) is 0 Å². The van der Waals surface area contributed by atoms with E-state index in [0.717, 1.165) is 0 Å². The zero-order valence-corrected chi connectivity index (χ0v) is 5.58. The lowest BCUT2D eigenvalue weighted by Gasteiger charge is -1.52. The van der Waals surface area contributed by atoms with Gasteiger partial charge in [-0.2, -0.15) is 0 Å². The second kappa shape index (κ2) is 156. The third-order valence-corrected chi connectivity index (χ3v) is 0. The number of carbonyl (C=O) groups is 4. The van der Waals surface area contributed by atoms with Gasteiger partial charge in [0.05, 0.1) is 0 Å². The van der Waals surface area contributed by atoms with E-state index < -0.39 is 25.9 Å². The molecule has 0 amide bonds. The highest BCUT2D eigenvalue weighted by Crippen LogP contribution is 0.763. The van der Waals surface area contributed by atoms with Gasteiger partial charge < -0.3 is 39.6 Å². The van der Waals surface area contributed by atoms with Crippen molar-refractivity contribution in [1.29, 1.82) is 0 Å². The Balaban J connectivity index is -0.00000000821. The van der Waals surface area contributed by atoms with Gasteiger partial charge in [-0.05, 0) is 0 Å². The van der Waals surface area contributed by atoms with Crippen LogP contribution in [-0.2, 0) is 19.2 Å². The van der Waals surface area contributed by atoms with Crippen molar-refractivity contribution in [3.05, 3.63) is 0 Å². The largest absolute Gasteiger partial charge is 1.00 e. The molecule has 0 aromatic heterocycles. The molecule has 0 spiro atoms. The maximum atomic E-state index is 8.25. The molecule has 0 rings (SSSR count). The van der Waals surface area contributed by atoms with E-state index >= 15 is 0 Å². The molecule has 0 aromatic rings.